The molecule has 8 nitrogen and oxygen atoms in total. The third kappa shape index (κ3) is 6.52. The van der Waals surface area contributed by atoms with Crippen LogP contribution in [-0.2, 0) is 20.9 Å². The number of hydrogen-bond donors (Lipinski definition) is 1. The average molecular weight is 470 g/mol. The number of nitrogens with zero attached hydrogens (tertiary/aromatic N) is 2. The first kappa shape index (κ1) is 24.2. The van der Waals surface area contributed by atoms with E-state index in [0.717, 1.165) is 17.5 Å². The number of hydrogen-bond acceptors (Lipinski definition) is 6. The first-order chi connectivity index (χ1) is 15.9. The lowest BCUT2D eigenvalue weighted by molar-refractivity contribution is -0.143. The number of carbonyl (C=O) groups excluding carboxylic acids is 3. The summed E-state index contributed by atoms with van der Waals surface area (Å²) in [6, 6.07) is 12.2. The molecule has 0 saturated heterocycles. The molecule has 2 amide bonds. The van der Waals surface area contributed by atoms with Crippen molar-refractivity contribution in [3.05, 3.63) is 52.8 Å². The normalized spacial score (nSPS) is 11.4. The van der Waals surface area contributed by atoms with Gasteiger partial charge in [-0.3, -0.25) is 14.4 Å². The van der Waals surface area contributed by atoms with Crippen molar-refractivity contribution in [1.29, 1.82) is 0 Å². The van der Waals surface area contributed by atoms with Crippen LogP contribution in [0.2, 0.25) is 0 Å². The molecule has 0 atom stereocenters. The quantitative estimate of drug-likeness (QED) is 0.375. The van der Waals surface area contributed by atoms with E-state index in [1.54, 1.807) is 54.0 Å². The molecular weight excluding hydrogens is 442 g/mol. The monoisotopic (exact) mass is 469 g/mol. The summed E-state index contributed by atoms with van der Waals surface area (Å²) < 4.78 is 13.2. The number of nitrogens with one attached hydrogen (secondary N) is 1. The summed E-state index contributed by atoms with van der Waals surface area (Å²) in [6.45, 7) is 6.00. The van der Waals surface area contributed by atoms with E-state index in [4.69, 9.17) is 9.47 Å². The Morgan fingerprint density at radius 3 is 2.67 bits per heavy atom. The third-order valence-corrected chi connectivity index (χ3v) is 5.68. The highest BCUT2D eigenvalue weighted by molar-refractivity contribution is 7.16. The van der Waals surface area contributed by atoms with E-state index >= 15 is 0 Å². The number of fused-ring (bicyclic) bond motifs is 1. The number of aromatic nitrogens is 1. The van der Waals surface area contributed by atoms with Crippen molar-refractivity contribution in [2.75, 3.05) is 18.5 Å². The molecule has 0 aliphatic rings. The summed E-state index contributed by atoms with van der Waals surface area (Å²) in [5, 5.41) is 2.74. The van der Waals surface area contributed by atoms with Gasteiger partial charge in [-0.1, -0.05) is 30.7 Å². The Morgan fingerprint density at radius 1 is 1.12 bits per heavy atom. The van der Waals surface area contributed by atoms with E-state index in [1.165, 1.54) is 18.3 Å². The molecular formula is C24H27N3O5S. The fourth-order valence-corrected chi connectivity index (χ4v) is 4.20. The molecule has 3 aromatic rings. The number of esters is 1. The van der Waals surface area contributed by atoms with Crippen LogP contribution in [0.5, 0.6) is 5.75 Å². The van der Waals surface area contributed by atoms with Gasteiger partial charge in [0.05, 0.1) is 23.4 Å². The molecule has 9 heteroatoms. The second-order valence-electron chi connectivity index (χ2n) is 7.29. The van der Waals surface area contributed by atoms with Gasteiger partial charge in [0, 0.05) is 18.2 Å². The number of amides is 2. The number of benzene rings is 2. The molecule has 174 valence electrons. The molecule has 0 unspecified atom stereocenters. The molecule has 3 rings (SSSR count). The fourth-order valence-electron chi connectivity index (χ4n) is 3.13. The predicted octanol–water partition coefficient (Wildman–Crippen LogP) is 4.14. The predicted molar refractivity (Wildman–Crippen MR) is 127 cm³/mol. The van der Waals surface area contributed by atoms with E-state index in [1.807, 2.05) is 0 Å². The zero-order valence-corrected chi connectivity index (χ0v) is 19.7. The van der Waals surface area contributed by atoms with Crippen molar-refractivity contribution in [3.63, 3.8) is 0 Å². The van der Waals surface area contributed by atoms with Crippen LogP contribution in [0.15, 0.2) is 47.5 Å². The van der Waals surface area contributed by atoms with Crippen LogP contribution >= 0.6 is 11.3 Å². The number of ether oxygens (including phenoxy) is 2. The van der Waals surface area contributed by atoms with Gasteiger partial charge in [0.25, 0.3) is 5.91 Å². The first-order valence-electron chi connectivity index (χ1n) is 10.8. The van der Waals surface area contributed by atoms with Gasteiger partial charge in [0.1, 0.15) is 12.3 Å². The molecule has 1 aromatic heterocycles. The van der Waals surface area contributed by atoms with Crippen LogP contribution in [0.4, 0.5) is 5.69 Å². The van der Waals surface area contributed by atoms with Gasteiger partial charge in [-0.05, 0) is 49.7 Å². The Bertz CT molecular complexity index is 1230. The Labute approximate surface area is 195 Å². The van der Waals surface area contributed by atoms with E-state index < -0.39 is 11.9 Å². The van der Waals surface area contributed by atoms with E-state index in [0.29, 0.717) is 33.9 Å². The van der Waals surface area contributed by atoms with Gasteiger partial charge in [-0.25, -0.2) is 0 Å². The van der Waals surface area contributed by atoms with Crippen LogP contribution in [0.1, 0.15) is 44.0 Å². The van der Waals surface area contributed by atoms with Crippen molar-refractivity contribution in [3.8, 4) is 5.75 Å². The molecule has 0 saturated carbocycles. The molecule has 2 aromatic carbocycles. The summed E-state index contributed by atoms with van der Waals surface area (Å²) in [4.78, 5) is 41.2. The van der Waals surface area contributed by atoms with Gasteiger partial charge in [-0.15, -0.1) is 0 Å². The largest absolute Gasteiger partial charge is 0.494 e. The lowest BCUT2D eigenvalue weighted by Gasteiger charge is -2.07. The second-order valence-corrected chi connectivity index (χ2v) is 8.30. The minimum Gasteiger partial charge on any atom is -0.494 e. The van der Waals surface area contributed by atoms with E-state index in [-0.39, 0.29) is 19.1 Å². The molecule has 33 heavy (non-hydrogen) atoms. The van der Waals surface area contributed by atoms with Crippen molar-refractivity contribution < 1.29 is 23.9 Å². The molecule has 0 fully saturated rings. The van der Waals surface area contributed by atoms with Gasteiger partial charge in [0.2, 0.25) is 5.91 Å². The van der Waals surface area contributed by atoms with E-state index in [2.05, 4.69) is 17.2 Å². The highest BCUT2D eigenvalue weighted by Gasteiger charge is 2.14. The topological polar surface area (TPSA) is 99.0 Å². The van der Waals surface area contributed by atoms with Crippen LogP contribution in [0, 0.1) is 0 Å². The molecule has 0 radical (unpaired) electrons. The summed E-state index contributed by atoms with van der Waals surface area (Å²) in [7, 11) is 0. The van der Waals surface area contributed by atoms with Crippen LogP contribution in [-0.4, -0.2) is 35.6 Å². The maximum Gasteiger partial charge on any atom is 0.326 e. The summed E-state index contributed by atoms with van der Waals surface area (Å²) >= 11 is 1.25. The van der Waals surface area contributed by atoms with Gasteiger partial charge in [-0.2, -0.15) is 4.99 Å². The highest BCUT2D eigenvalue weighted by Crippen LogP contribution is 2.22. The molecule has 0 aliphatic carbocycles. The van der Waals surface area contributed by atoms with Crippen LogP contribution < -0.4 is 14.9 Å². The first-order valence-corrected chi connectivity index (χ1v) is 11.6. The second kappa shape index (κ2) is 11.4. The number of carbonyl (C=O) groups is 3. The molecule has 1 heterocycles. The fraction of sp³-hybridized carbons (Fsp3) is 0.333. The number of thiazole rings is 1. The molecule has 0 bridgehead atoms. The van der Waals surface area contributed by atoms with Gasteiger partial charge in [0.15, 0.2) is 4.80 Å². The summed E-state index contributed by atoms with van der Waals surface area (Å²) in [5.41, 5.74) is 1.72. The minimum absolute atomic E-state index is 0.0837. The lowest BCUT2D eigenvalue weighted by atomic mass is 10.2. The van der Waals surface area contributed by atoms with E-state index in [9.17, 15) is 14.4 Å². The Kier molecular flexibility index (Phi) is 8.37. The minimum atomic E-state index is -0.442. The summed E-state index contributed by atoms with van der Waals surface area (Å²) in [5.74, 6) is -0.447. The lowest BCUT2D eigenvalue weighted by Crippen LogP contribution is -2.23. The molecule has 0 aliphatic heterocycles. The average Bonchev–Trinajstić information content (AvgIpc) is 3.10. The Balaban J connectivity index is 2.00. The zero-order chi connectivity index (χ0) is 23.8. The standard InChI is InChI=1S/C24H27N3O5S/c1-4-6-12-32-19-9-7-8-17(13-19)23(30)26-24-27(15-22(29)31-5-2)20-11-10-18(25-16(3)28)14-21(20)33-24/h7-11,13-14H,4-6,12,15H2,1-3H3,(H,25,28). The SMILES string of the molecule is CCCCOc1cccc(C(=O)N=c2sc3cc(NC(C)=O)ccc3n2CC(=O)OCC)c1. The van der Waals surface area contributed by atoms with Crippen molar-refractivity contribution in [1.82, 2.24) is 4.57 Å². The van der Waals surface area contributed by atoms with Gasteiger partial charge >= 0.3 is 5.97 Å². The smallest absolute Gasteiger partial charge is 0.326 e. The number of rotatable bonds is 9. The molecule has 1 N–H and O–H groups in total. The highest BCUT2D eigenvalue weighted by atomic mass is 32.1. The van der Waals surface area contributed by atoms with Crippen LogP contribution in [0.25, 0.3) is 10.2 Å². The Morgan fingerprint density at radius 2 is 1.94 bits per heavy atom. The third-order valence-electron chi connectivity index (χ3n) is 4.64. The number of anilines is 1. The Hall–Kier alpha value is -3.46. The molecule has 0 spiro atoms. The van der Waals surface area contributed by atoms with Crippen molar-refractivity contribution >= 4 is 45.0 Å². The van der Waals surface area contributed by atoms with Crippen LogP contribution in [0.3, 0.4) is 0 Å². The maximum absolute atomic E-state index is 12.9. The van der Waals surface area contributed by atoms with Crippen molar-refractivity contribution in [2.45, 2.75) is 40.2 Å². The zero-order valence-electron chi connectivity index (χ0n) is 18.9. The van der Waals surface area contributed by atoms with Crippen molar-refractivity contribution in [2.24, 2.45) is 4.99 Å². The summed E-state index contributed by atoms with van der Waals surface area (Å²) in [6.07, 6.45) is 1.95. The van der Waals surface area contributed by atoms with Gasteiger partial charge < -0.3 is 19.4 Å². The maximum atomic E-state index is 12.9. The number of unbranched alkanes of at least 4 members (excludes halogenated alkanes) is 1.